The molecule has 1 aliphatic heterocycles. The zero-order chi connectivity index (χ0) is 25.8. The number of carbonyl (C=O) groups is 3. The summed E-state index contributed by atoms with van der Waals surface area (Å²) in [6, 6.07) is 17.4. The second kappa shape index (κ2) is 8.73. The number of hydrogen-bond acceptors (Lipinski definition) is 4. The van der Waals surface area contributed by atoms with Gasteiger partial charge in [0.05, 0.1) is 23.2 Å². The second-order valence-electron chi connectivity index (χ2n) is 10.2. The van der Waals surface area contributed by atoms with Crippen LogP contribution in [0.3, 0.4) is 0 Å². The van der Waals surface area contributed by atoms with Gasteiger partial charge in [0.15, 0.2) is 0 Å². The van der Waals surface area contributed by atoms with Crippen molar-refractivity contribution in [3.8, 4) is 5.69 Å². The molecule has 2 aromatic carbocycles. The standard InChI is InChI=1S/C29H28N4O4/c1-17-25(29(37)33(31(17)2)21-11-7-4-8-12-21)30-26(34)22(15-18-9-5-3-6-10-18)32-27(35)23-19-13-14-20(16-19)24(23)28(32)36/h3-14,19-20,22-24H,15-16H2,1-2H3,(H,30,34)/t19-,20-,22+,23-,24+/m0/s1. The number of allylic oxidation sites excluding steroid dienone is 2. The summed E-state index contributed by atoms with van der Waals surface area (Å²) in [5.41, 5.74) is 1.82. The lowest BCUT2D eigenvalue weighted by Crippen LogP contribution is -2.50. The smallest absolute Gasteiger partial charge is 0.295 e. The first-order valence-electron chi connectivity index (χ1n) is 12.6. The fourth-order valence-electron chi connectivity index (χ4n) is 6.29. The molecule has 0 spiro atoms. The Morgan fingerprint density at radius 1 is 0.919 bits per heavy atom. The van der Waals surface area contributed by atoms with Gasteiger partial charge in [0.25, 0.3) is 5.56 Å². The van der Waals surface area contributed by atoms with E-state index in [1.54, 1.807) is 18.7 Å². The summed E-state index contributed by atoms with van der Waals surface area (Å²) >= 11 is 0. The number of aromatic nitrogens is 2. The van der Waals surface area contributed by atoms with E-state index in [4.69, 9.17) is 0 Å². The number of fused-ring (bicyclic) bond motifs is 5. The van der Waals surface area contributed by atoms with E-state index in [2.05, 4.69) is 5.32 Å². The van der Waals surface area contributed by atoms with Gasteiger partial charge < -0.3 is 5.32 Å². The molecule has 0 radical (unpaired) electrons. The van der Waals surface area contributed by atoms with Crippen LogP contribution in [0.1, 0.15) is 17.7 Å². The van der Waals surface area contributed by atoms with Crippen LogP contribution in [-0.2, 0) is 27.9 Å². The number of para-hydroxylation sites is 1. The van der Waals surface area contributed by atoms with Crippen molar-refractivity contribution in [2.45, 2.75) is 25.8 Å². The van der Waals surface area contributed by atoms with Gasteiger partial charge in [-0.1, -0.05) is 60.7 Å². The number of carbonyl (C=O) groups excluding carboxylic acids is 3. The molecule has 6 rings (SSSR count). The number of benzene rings is 2. The van der Waals surface area contributed by atoms with Gasteiger partial charge in [-0.2, -0.15) is 0 Å². The Kier molecular flexibility index (Phi) is 5.47. The maximum absolute atomic E-state index is 13.8. The second-order valence-corrected chi connectivity index (χ2v) is 10.2. The molecule has 2 fully saturated rings. The molecule has 2 aliphatic carbocycles. The minimum absolute atomic E-state index is 0.0475. The van der Waals surface area contributed by atoms with Gasteiger partial charge in [-0.05, 0) is 42.9 Å². The van der Waals surface area contributed by atoms with Crippen molar-refractivity contribution in [2.75, 3.05) is 5.32 Å². The van der Waals surface area contributed by atoms with E-state index >= 15 is 0 Å². The molecular weight excluding hydrogens is 468 g/mol. The molecule has 2 heterocycles. The van der Waals surface area contributed by atoms with E-state index in [9.17, 15) is 19.2 Å². The number of nitrogens with zero attached hydrogens (tertiary/aromatic N) is 3. The zero-order valence-electron chi connectivity index (χ0n) is 20.7. The molecule has 1 aromatic heterocycles. The van der Waals surface area contributed by atoms with Crippen LogP contribution in [0.4, 0.5) is 5.69 Å². The number of imide groups is 1. The van der Waals surface area contributed by atoms with Crippen molar-refractivity contribution in [2.24, 2.45) is 30.7 Å². The molecule has 1 N–H and O–H groups in total. The highest BCUT2D eigenvalue weighted by Gasteiger charge is 2.61. The third-order valence-electron chi connectivity index (χ3n) is 8.19. The van der Waals surface area contributed by atoms with Gasteiger partial charge in [0.1, 0.15) is 11.7 Å². The molecule has 3 amide bonds. The summed E-state index contributed by atoms with van der Waals surface area (Å²) < 4.78 is 3.16. The topological polar surface area (TPSA) is 93.4 Å². The highest BCUT2D eigenvalue weighted by atomic mass is 16.2. The van der Waals surface area contributed by atoms with Crippen LogP contribution >= 0.6 is 0 Å². The molecule has 188 valence electrons. The summed E-state index contributed by atoms with van der Waals surface area (Å²) in [6.45, 7) is 1.75. The van der Waals surface area contributed by atoms with Crippen LogP contribution in [-0.4, -0.2) is 38.0 Å². The van der Waals surface area contributed by atoms with Crippen molar-refractivity contribution in [3.63, 3.8) is 0 Å². The quantitative estimate of drug-likeness (QED) is 0.420. The minimum atomic E-state index is -1.06. The average Bonchev–Trinajstić information content (AvgIpc) is 3.64. The molecule has 8 nitrogen and oxygen atoms in total. The molecule has 1 saturated carbocycles. The number of rotatable bonds is 6. The summed E-state index contributed by atoms with van der Waals surface area (Å²) in [6.07, 6.45) is 5.06. The lowest BCUT2D eigenvalue weighted by atomic mass is 9.85. The third kappa shape index (κ3) is 3.58. The van der Waals surface area contributed by atoms with Crippen molar-refractivity contribution in [1.82, 2.24) is 14.3 Å². The third-order valence-corrected chi connectivity index (χ3v) is 8.19. The maximum atomic E-state index is 13.8. The molecule has 8 heteroatoms. The maximum Gasteiger partial charge on any atom is 0.295 e. The van der Waals surface area contributed by atoms with E-state index in [-0.39, 0.29) is 41.3 Å². The molecule has 3 aromatic rings. The van der Waals surface area contributed by atoms with E-state index in [1.165, 1.54) is 9.58 Å². The number of hydrogen-bond donors (Lipinski definition) is 1. The Balaban J connectivity index is 1.36. The Hall–Kier alpha value is -4.20. The first-order chi connectivity index (χ1) is 17.9. The summed E-state index contributed by atoms with van der Waals surface area (Å²) in [5.74, 6) is -1.82. The summed E-state index contributed by atoms with van der Waals surface area (Å²) in [7, 11) is 1.75. The number of amides is 3. The fraction of sp³-hybridized carbons (Fsp3) is 0.310. The Morgan fingerprint density at radius 3 is 2.08 bits per heavy atom. The van der Waals surface area contributed by atoms with Crippen molar-refractivity contribution in [3.05, 3.63) is 94.4 Å². The molecule has 2 bridgehead atoms. The summed E-state index contributed by atoms with van der Waals surface area (Å²) in [5, 5.41) is 2.80. The molecule has 3 aliphatic rings. The monoisotopic (exact) mass is 496 g/mol. The SMILES string of the molecule is Cc1c(NC(=O)[C@@H](Cc2ccccc2)N2C(=O)[C@@H]3[C@H](C2=O)[C@H]2C=C[C@H]3C2)c(=O)n(-c2ccccc2)n1C. The van der Waals surface area contributed by atoms with Crippen LogP contribution in [0.5, 0.6) is 0 Å². The number of nitrogens with one attached hydrogen (secondary N) is 1. The lowest BCUT2D eigenvalue weighted by molar-refractivity contribution is -0.147. The number of anilines is 1. The van der Waals surface area contributed by atoms with Gasteiger partial charge in [-0.25, -0.2) is 4.68 Å². The zero-order valence-corrected chi connectivity index (χ0v) is 20.7. The Labute approximate surface area is 214 Å². The largest absolute Gasteiger partial charge is 0.318 e. The van der Waals surface area contributed by atoms with Crippen LogP contribution < -0.4 is 10.9 Å². The molecule has 1 saturated heterocycles. The molecule has 5 atom stereocenters. The van der Waals surface area contributed by atoms with Gasteiger partial charge in [-0.15, -0.1) is 0 Å². The number of likely N-dealkylation sites (tertiary alicyclic amines) is 1. The van der Waals surface area contributed by atoms with Crippen LogP contribution in [0, 0.1) is 30.6 Å². The van der Waals surface area contributed by atoms with Crippen molar-refractivity contribution in [1.29, 1.82) is 0 Å². The predicted octanol–water partition coefficient (Wildman–Crippen LogP) is 2.84. The highest BCUT2D eigenvalue weighted by molar-refractivity contribution is 6.11. The van der Waals surface area contributed by atoms with Crippen molar-refractivity contribution >= 4 is 23.4 Å². The predicted molar refractivity (Wildman–Crippen MR) is 138 cm³/mol. The minimum Gasteiger partial charge on any atom is -0.318 e. The van der Waals surface area contributed by atoms with E-state index in [0.29, 0.717) is 11.4 Å². The lowest BCUT2D eigenvalue weighted by Gasteiger charge is -2.27. The molecule has 0 unspecified atom stereocenters. The van der Waals surface area contributed by atoms with Gasteiger partial charge in [0, 0.05) is 13.5 Å². The molecular formula is C29H28N4O4. The normalized spacial score (nSPS) is 24.5. The van der Waals surface area contributed by atoms with E-state index < -0.39 is 23.8 Å². The summed E-state index contributed by atoms with van der Waals surface area (Å²) in [4.78, 5) is 55.6. The highest BCUT2D eigenvalue weighted by Crippen LogP contribution is 2.53. The first kappa shape index (κ1) is 23.2. The van der Waals surface area contributed by atoms with Crippen LogP contribution in [0.25, 0.3) is 5.69 Å². The Bertz CT molecular complexity index is 1460. The first-order valence-corrected chi connectivity index (χ1v) is 12.6. The van der Waals surface area contributed by atoms with Gasteiger partial charge in [0.2, 0.25) is 17.7 Å². The van der Waals surface area contributed by atoms with Gasteiger partial charge >= 0.3 is 0 Å². The fourth-order valence-corrected chi connectivity index (χ4v) is 6.29. The van der Waals surface area contributed by atoms with Crippen LogP contribution in [0.15, 0.2) is 77.6 Å². The molecule has 37 heavy (non-hydrogen) atoms. The average molecular weight is 497 g/mol. The van der Waals surface area contributed by atoms with Crippen LogP contribution in [0.2, 0.25) is 0 Å². The Morgan fingerprint density at radius 2 is 1.49 bits per heavy atom. The van der Waals surface area contributed by atoms with Gasteiger partial charge in [-0.3, -0.25) is 28.8 Å². The van der Waals surface area contributed by atoms with E-state index in [1.807, 2.05) is 72.8 Å². The van der Waals surface area contributed by atoms with Crippen molar-refractivity contribution < 1.29 is 14.4 Å². The van der Waals surface area contributed by atoms with E-state index in [0.717, 1.165) is 12.0 Å².